The van der Waals surface area contributed by atoms with Crippen LogP contribution in [0.1, 0.15) is 29.5 Å². The summed E-state index contributed by atoms with van der Waals surface area (Å²) in [6.07, 6.45) is 4.59. The van der Waals surface area contributed by atoms with E-state index in [1.54, 1.807) is 0 Å². The van der Waals surface area contributed by atoms with Crippen molar-refractivity contribution in [3.63, 3.8) is 0 Å². The second kappa shape index (κ2) is 7.91. The molecule has 0 saturated carbocycles. The maximum atomic E-state index is 5.91. The van der Waals surface area contributed by atoms with Gasteiger partial charge in [0.05, 0.1) is 17.8 Å². The van der Waals surface area contributed by atoms with Gasteiger partial charge < -0.3 is 4.74 Å². The quantitative estimate of drug-likeness (QED) is 0.629. The van der Waals surface area contributed by atoms with Crippen LogP contribution in [0.2, 0.25) is 0 Å². The Morgan fingerprint density at radius 2 is 2.12 bits per heavy atom. The fraction of sp³-hybridized carbons (Fsp3) is 0.381. The van der Waals surface area contributed by atoms with E-state index in [-0.39, 0.29) is 0 Å². The Labute approximate surface area is 162 Å². The van der Waals surface area contributed by atoms with Gasteiger partial charge in [-0.3, -0.25) is 10.00 Å². The largest absolute Gasteiger partial charge is 0.377 e. The highest BCUT2D eigenvalue weighted by molar-refractivity contribution is 9.10. The molecule has 1 atom stereocenters. The van der Waals surface area contributed by atoms with Gasteiger partial charge >= 0.3 is 0 Å². The molecule has 3 aromatic rings. The van der Waals surface area contributed by atoms with Crippen molar-refractivity contribution in [3.8, 4) is 0 Å². The number of fused-ring (bicyclic) bond motifs is 1. The monoisotopic (exact) mass is 413 g/mol. The zero-order valence-electron chi connectivity index (χ0n) is 15.0. The Morgan fingerprint density at radius 3 is 2.92 bits per heavy atom. The average Bonchev–Trinajstić information content (AvgIpc) is 3.29. The Morgan fingerprint density at radius 1 is 1.23 bits per heavy atom. The lowest BCUT2D eigenvalue weighted by molar-refractivity contribution is 0.0680. The highest BCUT2D eigenvalue weighted by Crippen LogP contribution is 2.24. The van der Waals surface area contributed by atoms with Gasteiger partial charge in [-0.2, -0.15) is 5.10 Å². The number of hydrogen-bond donors (Lipinski definition) is 1. The van der Waals surface area contributed by atoms with Gasteiger partial charge in [0.2, 0.25) is 0 Å². The van der Waals surface area contributed by atoms with E-state index >= 15 is 0 Å². The number of aryl methyl sites for hydroxylation is 1. The van der Waals surface area contributed by atoms with Gasteiger partial charge in [0.15, 0.2) is 0 Å². The zero-order chi connectivity index (χ0) is 17.9. The summed E-state index contributed by atoms with van der Waals surface area (Å²) in [6.45, 7) is 5.75. The highest BCUT2D eigenvalue weighted by atomic mass is 79.9. The molecule has 0 spiro atoms. The maximum absolute atomic E-state index is 5.91. The minimum absolute atomic E-state index is 0.336. The highest BCUT2D eigenvalue weighted by Gasteiger charge is 2.21. The van der Waals surface area contributed by atoms with E-state index in [1.807, 2.05) is 6.20 Å². The first-order chi connectivity index (χ1) is 12.7. The lowest BCUT2D eigenvalue weighted by Gasteiger charge is -2.26. The smallest absolute Gasteiger partial charge is 0.0703 e. The van der Waals surface area contributed by atoms with Crippen molar-refractivity contribution in [2.75, 3.05) is 13.2 Å². The molecular weight excluding hydrogens is 390 g/mol. The Kier molecular flexibility index (Phi) is 5.38. The first kappa shape index (κ1) is 17.7. The minimum atomic E-state index is 0.336. The number of halogens is 1. The Balaban J connectivity index is 1.58. The third-order valence-electron chi connectivity index (χ3n) is 5.06. The van der Waals surface area contributed by atoms with E-state index in [1.165, 1.54) is 33.0 Å². The predicted molar refractivity (Wildman–Crippen MR) is 108 cm³/mol. The van der Waals surface area contributed by atoms with Crippen molar-refractivity contribution in [2.24, 2.45) is 0 Å². The predicted octanol–water partition coefficient (Wildman–Crippen LogP) is 4.82. The molecule has 1 aliphatic rings. The summed E-state index contributed by atoms with van der Waals surface area (Å²) in [5.41, 5.74) is 4.98. The topological polar surface area (TPSA) is 41.2 Å². The molecule has 4 nitrogen and oxygen atoms in total. The van der Waals surface area contributed by atoms with Crippen molar-refractivity contribution >= 4 is 26.8 Å². The van der Waals surface area contributed by atoms with Gasteiger partial charge in [0, 0.05) is 36.1 Å². The number of aromatic nitrogens is 2. The summed E-state index contributed by atoms with van der Waals surface area (Å²) in [5.74, 6) is 0. The number of hydrogen-bond acceptors (Lipinski definition) is 3. The number of nitrogens with zero attached hydrogens (tertiary/aromatic N) is 2. The molecule has 1 aromatic heterocycles. The van der Waals surface area contributed by atoms with Crippen LogP contribution >= 0.6 is 15.9 Å². The van der Waals surface area contributed by atoms with Crippen LogP contribution in [0, 0.1) is 6.92 Å². The molecule has 1 fully saturated rings. The van der Waals surface area contributed by atoms with Gasteiger partial charge in [0.1, 0.15) is 0 Å². The standard InChI is InChI=1S/C21H24BrN3O/c1-15-7-8-17(20(22)10-15)13-25(14-18-5-3-9-26-18)12-16-4-2-6-21-19(16)11-23-24-21/h2,4,6-8,10-11,18H,3,5,9,12-14H2,1H3,(H,23,24). The van der Waals surface area contributed by atoms with E-state index < -0.39 is 0 Å². The molecule has 5 heteroatoms. The molecule has 0 aliphatic carbocycles. The van der Waals surface area contributed by atoms with Gasteiger partial charge in [-0.05, 0) is 48.6 Å². The molecule has 4 rings (SSSR count). The van der Waals surface area contributed by atoms with Crippen LogP contribution in [0.3, 0.4) is 0 Å². The van der Waals surface area contributed by atoms with Crippen LogP contribution in [0.25, 0.3) is 10.9 Å². The molecule has 1 aliphatic heterocycles. The Bertz CT molecular complexity index is 886. The van der Waals surface area contributed by atoms with Crippen LogP contribution in [0.15, 0.2) is 47.1 Å². The van der Waals surface area contributed by atoms with E-state index in [9.17, 15) is 0 Å². The lowest BCUT2D eigenvalue weighted by atomic mass is 10.1. The normalized spacial score (nSPS) is 17.4. The van der Waals surface area contributed by atoms with Crippen LogP contribution in [-0.4, -0.2) is 34.4 Å². The summed E-state index contributed by atoms with van der Waals surface area (Å²) < 4.78 is 7.09. The van der Waals surface area contributed by atoms with Crippen LogP contribution in [0.4, 0.5) is 0 Å². The summed E-state index contributed by atoms with van der Waals surface area (Å²) in [5, 5.41) is 8.48. The van der Waals surface area contributed by atoms with Gasteiger partial charge in [-0.1, -0.05) is 40.2 Å². The van der Waals surface area contributed by atoms with Crippen molar-refractivity contribution in [3.05, 3.63) is 63.8 Å². The fourth-order valence-electron chi connectivity index (χ4n) is 3.69. The number of aromatic amines is 1. The molecular formula is C21H24BrN3O. The average molecular weight is 414 g/mol. The van der Waals surface area contributed by atoms with Crippen molar-refractivity contribution < 1.29 is 4.74 Å². The Hall–Kier alpha value is -1.69. The van der Waals surface area contributed by atoms with E-state index in [2.05, 4.69) is 74.3 Å². The first-order valence-electron chi connectivity index (χ1n) is 9.19. The third-order valence-corrected chi connectivity index (χ3v) is 5.80. The van der Waals surface area contributed by atoms with Crippen LogP contribution in [-0.2, 0) is 17.8 Å². The fourth-order valence-corrected chi connectivity index (χ4v) is 4.31. The third kappa shape index (κ3) is 4.00. The van der Waals surface area contributed by atoms with Crippen molar-refractivity contribution in [1.82, 2.24) is 15.1 Å². The van der Waals surface area contributed by atoms with Gasteiger partial charge in [0.25, 0.3) is 0 Å². The molecule has 1 N–H and O–H groups in total. The summed E-state index contributed by atoms with van der Waals surface area (Å²) in [4.78, 5) is 2.49. The van der Waals surface area contributed by atoms with Crippen molar-refractivity contribution in [1.29, 1.82) is 0 Å². The minimum Gasteiger partial charge on any atom is -0.377 e. The molecule has 0 amide bonds. The second-order valence-corrected chi connectivity index (χ2v) is 8.00. The number of nitrogens with one attached hydrogen (secondary N) is 1. The molecule has 1 unspecified atom stereocenters. The molecule has 1 saturated heterocycles. The van der Waals surface area contributed by atoms with Gasteiger partial charge in [-0.15, -0.1) is 0 Å². The molecule has 26 heavy (non-hydrogen) atoms. The lowest BCUT2D eigenvalue weighted by Crippen LogP contribution is -2.31. The molecule has 0 radical (unpaired) electrons. The SMILES string of the molecule is Cc1ccc(CN(Cc2cccc3[nH]ncc23)CC2CCCO2)c(Br)c1. The molecule has 136 valence electrons. The number of H-pyrrole nitrogens is 1. The number of ether oxygens (including phenoxy) is 1. The molecule has 2 heterocycles. The van der Waals surface area contributed by atoms with E-state index in [0.29, 0.717) is 6.10 Å². The first-order valence-corrected chi connectivity index (χ1v) is 9.98. The maximum Gasteiger partial charge on any atom is 0.0703 e. The molecule has 2 aromatic carbocycles. The molecule has 0 bridgehead atoms. The summed E-state index contributed by atoms with van der Waals surface area (Å²) >= 11 is 3.73. The zero-order valence-corrected chi connectivity index (χ0v) is 16.6. The number of benzene rings is 2. The van der Waals surface area contributed by atoms with E-state index in [4.69, 9.17) is 4.74 Å². The number of rotatable bonds is 6. The summed E-state index contributed by atoms with van der Waals surface area (Å²) in [6, 6.07) is 13.0. The van der Waals surface area contributed by atoms with E-state index in [0.717, 1.165) is 38.2 Å². The van der Waals surface area contributed by atoms with Crippen molar-refractivity contribution in [2.45, 2.75) is 39.0 Å². The second-order valence-electron chi connectivity index (χ2n) is 7.15. The van der Waals surface area contributed by atoms with Crippen LogP contribution in [0.5, 0.6) is 0 Å². The van der Waals surface area contributed by atoms with Crippen LogP contribution < -0.4 is 0 Å². The van der Waals surface area contributed by atoms with Gasteiger partial charge in [-0.25, -0.2) is 0 Å². The summed E-state index contributed by atoms with van der Waals surface area (Å²) in [7, 11) is 0.